The van der Waals surface area contributed by atoms with Crippen molar-refractivity contribution in [3.05, 3.63) is 35.3 Å². The van der Waals surface area contributed by atoms with Crippen molar-refractivity contribution in [1.29, 1.82) is 5.39 Å². The fraction of sp³-hybridized carbons (Fsp3) is 0.294. The molecule has 2 aromatic carbocycles. The fourth-order valence-corrected chi connectivity index (χ4v) is 2.70. The average molecular weight is 331 g/mol. The van der Waals surface area contributed by atoms with Crippen molar-refractivity contribution in [3.8, 4) is 28.4 Å². The second-order valence-electron chi connectivity index (χ2n) is 4.64. The van der Waals surface area contributed by atoms with Crippen LogP contribution >= 0.6 is 12.6 Å². The second kappa shape index (κ2) is 7.75. The topological polar surface area (TPSA) is 55.8 Å². The number of benzene rings is 2. The fourth-order valence-electron chi connectivity index (χ4n) is 2.28. The van der Waals surface area contributed by atoms with E-state index in [1.54, 1.807) is 13.2 Å². The van der Waals surface area contributed by atoms with E-state index in [0.29, 0.717) is 29.6 Å². The highest BCUT2D eigenvalue weighted by Gasteiger charge is 2.26. The molecule has 23 heavy (non-hydrogen) atoms. The van der Waals surface area contributed by atoms with E-state index < -0.39 is 0 Å². The van der Waals surface area contributed by atoms with Crippen LogP contribution in [0.15, 0.2) is 35.2 Å². The Morgan fingerprint density at radius 2 is 1.74 bits per heavy atom. The van der Waals surface area contributed by atoms with Gasteiger partial charge in [0.05, 0.1) is 31.3 Å². The Hall–Kier alpha value is -2.39. The third-order valence-corrected chi connectivity index (χ3v) is 3.70. The van der Waals surface area contributed by atoms with Crippen LogP contribution in [0.5, 0.6) is 17.2 Å². The lowest BCUT2D eigenvalue weighted by Crippen LogP contribution is -1.99. The molecular weight excluding hydrogens is 312 g/mol. The Kier molecular flexibility index (Phi) is 5.72. The maximum absolute atomic E-state index is 9.23. The number of hydrogen-bond donors (Lipinski definition) is 1. The molecule has 2 aromatic rings. The molecule has 0 N–H and O–H groups in total. The van der Waals surface area contributed by atoms with Crippen LogP contribution in [-0.4, -0.2) is 20.3 Å². The minimum Gasteiger partial charge on any atom is -0.497 e. The van der Waals surface area contributed by atoms with E-state index in [9.17, 15) is 5.39 Å². The van der Waals surface area contributed by atoms with Crippen molar-refractivity contribution >= 4 is 18.3 Å². The van der Waals surface area contributed by atoms with Crippen molar-refractivity contribution in [3.63, 3.8) is 0 Å². The first-order valence-electron chi connectivity index (χ1n) is 7.31. The summed E-state index contributed by atoms with van der Waals surface area (Å²) in [5.41, 5.74) is 1.98. The van der Waals surface area contributed by atoms with Crippen LogP contribution < -0.4 is 14.2 Å². The lowest BCUT2D eigenvalue weighted by molar-refractivity contribution is 0.327. The second-order valence-corrected chi connectivity index (χ2v) is 5.09. The number of thiol groups is 1. The molecule has 0 bridgehead atoms. The summed E-state index contributed by atoms with van der Waals surface area (Å²) in [6.45, 7) is 4.67. The van der Waals surface area contributed by atoms with E-state index in [-0.39, 0.29) is 5.69 Å². The first-order valence-corrected chi connectivity index (χ1v) is 7.76. The molecule has 0 spiro atoms. The third-order valence-electron chi connectivity index (χ3n) is 3.27. The number of methoxy groups -OCH3 is 1. The largest absolute Gasteiger partial charge is 0.497 e. The van der Waals surface area contributed by atoms with Gasteiger partial charge in [-0.15, -0.1) is 12.6 Å². The highest BCUT2D eigenvalue weighted by Crippen LogP contribution is 2.47. The molecule has 120 valence electrons. The van der Waals surface area contributed by atoms with Gasteiger partial charge in [0.15, 0.2) is 4.98 Å². The molecule has 0 aliphatic heterocycles. The zero-order valence-corrected chi connectivity index (χ0v) is 14.3. The predicted octanol–water partition coefficient (Wildman–Crippen LogP) is 4.93. The summed E-state index contributed by atoms with van der Waals surface area (Å²) in [6, 6.07) is 9.21. The summed E-state index contributed by atoms with van der Waals surface area (Å²) in [7, 11) is 1.62. The molecule has 0 saturated heterocycles. The monoisotopic (exact) mass is 331 g/mol. The van der Waals surface area contributed by atoms with Crippen molar-refractivity contribution in [2.24, 2.45) is 0 Å². The number of nitrogens with zero attached hydrogens (tertiary/aromatic N) is 2. The molecule has 0 aromatic heterocycles. The summed E-state index contributed by atoms with van der Waals surface area (Å²) in [4.78, 5) is 3.85. The third kappa shape index (κ3) is 3.51. The van der Waals surface area contributed by atoms with Gasteiger partial charge in [0.2, 0.25) is 11.1 Å². The van der Waals surface area contributed by atoms with Crippen molar-refractivity contribution < 1.29 is 14.2 Å². The Labute approximate surface area is 141 Å². The number of rotatable bonds is 6. The molecular formula is C17H19N2O3S+. The summed E-state index contributed by atoms with van der Waals surface area (Å²) in [5.74, 6) is 1.77. The maximum Gasteiger partial charge on any atom is 0.431 e. The molecule has 0 aliphatic rings. The minimum absolute atomic E-state index is 0.289. The lowest BCUT2D eigenvalue weighted by atomic mass is 10.0. The van der Waals surface area contributed by atoms with Gasteiger partial charge in [0, 0.05) is 5.56 Å². The highest BCUT2D eigenvalue weighted by molar-refractivity contribution is 7.80. The van der Waals surface area contributed by atoms with E-state index in [0.717, 1.165) is 16.9 Å². The van der Waals surface area contributed by atoms with E-state index in [1.165, 1.54) is 0 Å². The van der Waals surface area contributed by atoms with Gasteiger partial charge in [-0.25, -0.2) is 0 Å². The van der Waals surface area contributed by atoms with E-state index >= 15 is 0 Å². The van der Waals surface area contributed by atoms with Crippen molar-refractivity contribution in [2.45, 2.75) is 18.7 Å². The van der Waals surface area contributed by atoms with Crippen LogP contribution in [0.1, 0.15) is 13.8 Å². The standard InChI is InChI=1S/C17H18N2O3S/c1-4-21-14-10-13(19-18)16(22-5-2)17(23)15(14)11-6-8-12(20-3)9-7-11/h6-10H,4-5H2,1-3H3/p+1. The van der Waals surface area contributed by atoms with E-state index in [2.05, 4.69) is 17.6 Å². The molecule has 0 radical (unpaired) electrons. The lowest BCUT2D eigenvalue weighted by Gasteiger charge is -2.15. The zero-order valence-electron chi connectivity index (χ0n) is 13.4. The van der Waals surface area contributed by atoms with E-state index in [4.69, 9.17) is 14.2 Å². The van der Waals surface area contributed by atoms with Gasteiger partial charge >= 0.3 is 5.69 Å². The molecule has 6 heteroatoms. The number of hydrogen-bond acceptors (Lipinski definition) is 5. The molecule has 0 unspecified atom stereocenters. The Bertz CT molecular complexity index is 724. The summed E-state index contributed by atoms with van der Waals surface area (Å²) < 4.78 is 16.5. The summed E-state index contributed by atoms with van der Waals surface area (Å²) >= 11 is 4.58. The van der Waals surface area contributed by atoms with Gasteiger partial charge in [-0.2, -0.15) is 0 Å². The summed E-state index contributed by atoms with van der Waals surface area (Å²) in [6.07, 6.45) is 0. The van der Waals surface area contributed by atoms with Crippen LogP contribution in [0.3, 0.4) is 0 Å². The van der Waals surface area contributed by atoms with Crippen LogP contribution in [0, 0.1) is 5.39 Å². The number of ether oxygens (including phenoxy) is 3. The van der Waals surface area contributed by atoms with Crippen molar-refractivity contribution in [2.75, 3.05) is 20.3 Å². The molecule has 0 heterocycles. The minimum atomic E-state index is 0.289. The summed E-state index contributed by atoms with van der Waals surface area (Å²) in [5, 5.41) is 9.23. The quantitative estimate of drug-likeness (QED) is 0.602. The molecule has 0 atom stereocenters. The Morgan fingerprint density at radius 3 is 2.26 bits per heavy atom. The van der Waals surface area contributed by atoms with Gasteiger partial charge in [-0.1, -0.05) is 12.1 Å². The smallest absolute Gasteiger partial charge is 0.431 e. The van der Waals surface area contributed by atoms with Crippen LogP contribution in [0.4, 0.5) is 5.69 Å². The van der Waals surface area contributed by atoms with Gasteiger partial charge in [-0.3, -0.25) is 0 Å². The van der Waals surface area contributed by atoms with Crippen LogP contribution in [0.2, 0.25) is 0 Å². The van der Waals surface area contributed by atoms with Crippen molar-refractivity contribution in [1.82, 2.24) is 0 Å². The molecule has 2 rings (SSSR count). The first-order chi connectivity index (χ1) is 11.2. The van der Waals surface area contributed by atoms with Gasteiger partial charge < -0.3 is 14.2 Å². The normalized spacial score (nSPS) is 10.0. The zero-order chi connectivity index (χ0) is 16.8. The number of diazo groups is 1. The molecule has 0 aliphatic carbocycles. The maximum atomic E-state index is 9.23. The molecule has 0 saturated carbocycles. The SMILES string of the molecule is CCOc1cc([N+]#N)c(OCC)c(S)c1-c1ccc(OC)cc1. The highest BCUT2D eigenvalue weighted by atomic mass is 32.1. The molecule has 0 fully saturated rings. The average Bonchev–Trinajstić information content (AvgIpc) is 2.58. The van der Waals surface area contributed by atoms with E-state index in [1.807, 2.05) is 38.1 Å². The Balaban J connectivity index is 2.67. The van der Waals surface area contributed by atoms with Gasteiger partial charge in [0.1, 0.15) is 11.5 Å². The molecule has 0 amide bonds. The Morgan fingerprint density at radius 1 is 1.09 bits per heavy atom. The predicted molar refractivity (Wildman–Crippen MR) is 92.8 cm³/mol. The first kappa shape index (κ1) is 17.0. The van der Waals surface area contributed by atoms with Crippen LogP contribution in [0.25, 0.3) is 16.1 Å². The van der Waals surface area contributed by atoms with Gasteiger partial charge in [0.25, 0.3) is 0 Å². The molecule has 5 nitrogen and oxygen atoms in total. The van der Waals surface area contributed by atoms with Gasteiger partial charge in [-0.05, 0) is 31.5 Å². The van der Waals surface area contributed by atoms with Crippen LogP contribution in [-0.2, 0) is 0 Å².